The van der Waals surface area contributed by atoms with Gasteiger partial charge in [-0.3, -0.25) is 9.59 Å². The van der Waals surface area contributed by atoms with E-state index in [4.69, 9.17) is 21.1 Å². The van der Waals surface area contributed by atoms with E-state index in [-0.39, 0.29) is 11.7 Å². The highest BCUT2D eigenvalue weighted by molar-refractivity contribution is 6.30. The van der Waals surface area contributed by atoms with E-state index >= 15 is 0 Å². The molecule has 3 rings (SSSR count). The Morgan fingerprint density at radius 1 is 0.897 bits per heavy atom. The van der Waals surface area contributed by atoms with Crippen molar-refractivity contribution in [2.75, 3.05) is 12.4 Å². The maximum Gasteiger partial charge on any atom is 0.255 e. The van der Waals surface area contributed by atoms with E-state index in [9.17, 15) is 9.59 Å². The number of amides is 1. The summed E-state index contributed by atoms with van der Waals surface area (Å²) in [5, 5.41) is 3.39. The SMILES string of the molecule is COc1cccc(C(=O)Nc2ccc(O[C@H](C)C(=O)c3ccc(Cl)cc3)cc2)c1. The van der Waals surface area contributed by atoms with Gasteiger partial charge in [0.15, 0.2) is 6.10 Å². The van der Waals surface area contributed by atoms with Crippen molar-refractivity contribution in [3.05, 3.63) is 88.9 Å². The van der Waals surface area contributed by atoms with E-state index in [1.165, 1.54) is 0 Å². The summed E-state index contributed by atoms with van der Waals surface area (Å²) in [4.78, 5) is 24.8. The molecule has 0 aliphatic carbocycles. The number of rotatable bonds is 7. The van der Waals surface area contributed by atoms with E-state index in [1.54, 1.807) is 86.8 Å². The van der Waals surface area contributed by atoms with Crippen LogP contribution >= 0.6 is 11.6 Å². The molecule has 0 aliphatic heterocycles. The van der Waals surface area contributed by atoms with Crippen LogP contribution in [-0.2, 0) is 0 Å². The first kappa shape index (κ1) is 20.4. The number of ketones is 1. The predicted octanol–water partition coefficient (Wildman–Crippen LogP) is 5.25. The smallest absolute Gasteiger partial charge is 0.255 e. The minimum Gasteiger partial charge on any atom is -0.497 e. The van der Waals surface area contributed by atoms with Crippen LogP contribution in [0.2, 0.25) is 5.02 Å². The van der Waals surface area contributed by atoms with Crippen LogP contribution in [0.5, 0.6) is 11.5 Å². The standard InChI is InChI=1S/C23H20ClNO4/c1-15(22(26)16-6-8-18(24)9-7-16)29-20-12-10-19(11-13-20)25-23(27)17-4-3-5-21(14-17)28-2/h3-15H,1-2H3,(H,25,27)/t15-/m1/s1. The fraction of sp³-hybridized carbons (Fsp3) is 0.130. The quantitative estimate of drug-likeness (QED) is 0.541. The molecule has 148 valence electrons. The maximum atomic E-state index is 12.4. The van der Waals surface area contributed by atoms with Crippen molar-refractivity contribution in [1.29, 1.82) is 0 Å². The number of benzene rings is 3. The largest absolute Gasteiger partial charge is 0.497 e. The molecule has 3 aromatic carbocycles. The molecule has 0 fully saturated rings. The molecule has 29 heavy (non-hydrogen) atoms. The topological polar surface area (TPSA) is 64.6 Å². The van der Waals surface area contributed by atoms with Crippen molar-refractivity contribution in [3.8, 4) is 11.5 Å². The lowest BCUT2D eigenvalue weighted by molar-refractivity contribution is 0.0818. The third-order valence-electron chi connectivity index (χ3n) is 4.25. The second-order valence-electron chi connectivity index (χ2n) is 6.34. The van der Waals surface area contributed by atoms with Gasteiger partial charge in [-0.25, -0.2) is 0 Å². The molecule has 0 aromatic heterocycles. The van der Waals surface area contributed by atoms with Gasteiger partial charge in [-0.05, 0) is 73.7 Å². The number of carbonyl (C=O) groups excluding carboxylic acids is 2. The zero-order valence-electron chi connectivity index (χ0n) is 16.0. The Labute approximate surface area is 174 Å². The fourth-order valence-electron chi connectivity index (χ4n) is 2.69. The normalized spacial score (nSPS) is 11.4. The Morgan fingerprint density at radius 2 is 1.59 bits per heavy atom. The zero-order valence-corrected chi connectivity index (χ0v) is 16.8. The monoisotopic (exact) mass is 409 g/mol. The molecule has 0 unspecified atom stereocenters. The highest BCUT2D eigenvalue weighted by atomic mass is 35.5. The summed E-state index contributed by atoms with van der Waals surface area (Å²) in [6.07, 6.45) is -0.659. The van der Waals surface area contributed by atoms with Gasteiger partial charge in [0.1, 0.15) is 11.5 Å². The minimum absolute atomic E-state index is 0.142. The third kappa shape index (κ3) is 5.36. The minimum atomic E-state index is -0.659. The van der Waals surface area contributed by atoms with Crippen LogP contribution in [-0.4, -0.2) is 24.9 Å². The Hall–Kier alpha value is -3.31. The molecule has 5 nitrogen and oxygen atoms in total. The van der Waals surface area contributed by atoms with Gasteiger partial charge >= 0.3 is 0 Å². The molecular weight excluding hydrogens is 390 g/mol. The van der Waals surface area contributed by atoms with Crippen LogP contribution in [0.1, 0.15) is 27.6 Å². The summed E-state index contributed by atoms with van der Waals surface area (Å²) in [6, 6.07) is 20.4. The van der Waals surface area contributed by atoms with Gasteiger partial charge in [-0.1, -0.05) is 17.7 Å². The molecule has 6 heteroatoms. The molecule has 1 amide bonds. The van der Waals surface area contributed by atoms with Gasteiger partial charge in [0.2, 0.25) is 5.78 Å². The molecule has 1 N–H and O–H groups in total. The number of halogens is 1. The zero-order chi connectivity index (χ0) is 20.8. The molecule has 0 bridgehead atoms. The van der Waals surface area contributed by atoms with Gasteiger partial charge in [-0.2, -0.15) is 0 Å². The van der Waals surface area contributed by atoms with Crippen molar-refractivity contribution < 1.29 is 19.1 Å². The second kappa shape index (κ2) is 9.26. The van der Waals surface area contributed by atoms with E-state index < -0.39 is 6.10 Å². The second-order valence-corrected chi connectivity index (χ2v) is 6.78. The summed E-state index contributed by atoms with van der Waals surface area (Å²) >= 11 is 5.85. The molecule has 0 aliphatic rings. The average molecular weight is 410 g/mol. The fourth-order valence-corrected chi connectivity index (χ4v) is 2.82. The lowest BCUT2D eigenvalue weighted by Gasteiger charge is -2.14. The first-order chi connectivity index (χ1) is 14.0. The van der Waals surface area contributed by atoms with E-state index in [0.29, 0.717) is 33.3 Å². The van der Waals surface area contributed by atoms with Crippen LogP contribution in [0.3, 0.4) is 0 Å². The van der Waals surface area contributed by atoms with Crippen LogP contribution in [0.4, 0.5) is 5.69 Å². The Balaban J connectivity index is 1.61. The van der Waals surface area contributed by atoms with Crippen molar-refractivity contribution in [2.24, 2.45) is 0 Å². The predicted molar refractivity (Wildman–Crippen MR) is 113 cm³/mol. The van der Waals surface area contributed by atoms with Crippen molar-refractivity contribution >= 4 is 29.0 Å². The highest BCUT2D eigenvalue weighted by Gasteiger charge is 2.17. The van der Waals surface area contributed by atoms with Crippen molar-refractivity contribution in [3.63, 3.8) is 0 Å². The lowest BCUT2D eigenvalue weighted by Crippen LogP contribution is -2.23. The van der Waals surface area contributed by atoms with Gasteiger partial charge in [0.25, 0.3) is 5.91 Å². The van der Waals surface area contributed by atoms with Gasteiger partial charge < -0.3 is 14.8 Å². The molecule has 0 heterocycles. The van der Waals surface area contributed by atoms with Crippen LogP contribution < -0.4 is 14.8 Å². The first-order valence-electron chi connectivity index (χ1n) is 8.98. The number of nitrogens with one attached hydrogen (secondary N) is 1. The molecule has 0 saturated carbocycles. The number of anilines is 1. The summed E-state index contributed by atoms with van der Waals surface area (Å²) in [5.74, 6) is 0.751. The van der Waals surface area contributed by atoms with Crippen LogP contribution in [0.15, 0.2) is 72.8 Å². The molecular formula is C23H20ClNO4. The van der Waals surface area contributed by atoms with Crippen molar-refractivity contribution in [2.45, 2.75) is 13.0 Å². The third-order valence-corrected chi connectivity index (χ3v) is 4.51. The Kier molecular flexibility index (Phi) is 6.52. The van der Waals surface area contributed by atoms with E-state index in [1.807, 2.05) is 0 Å². The number of hydrogen-bond acceptors (Lipinski definition) is 4. The molecule has 0 saturated heterocycles. The van der Waals surface area contributed by atoms with Gasteiger partial charge in [-0.15, -0.1) is 0 Å². The summed E-state index contributed by atoms with van der Waals surface area (Å²) in [6.45, 7) is 1.69. The summed E-state index contributed by atoms with van der Waals surface area (Å²) < 4.78 is 10.9. The highest BCUT2D eigenvalue weighted by Crippen LogP contribution is 2.20. The lowest BCUT2D eigenvalue weighted by atomic mass is 10.1. The molecule has 0 radical (unpaired) electrons. The number of hydrogen-bond donors (Lipinski definition) is 1. The Morgan fingerprint density at radius 3 is 2.24 bits per heavy atom. The molecule has 0 spiro atoms. The number of methoxy groups -OCH3 is 1. The maximum absolute atomic E-state index is 12.4. The van der Waals surface area contributed by atoms with Crippen molar-refractivity contribution in [1.82, 2.24) is 0 Å². The first-order valence-corrected chi connectivity index (χ1v) is 9.36. The number of Topliss-reactive ketones (excluding diaryl/α,β-unsaturated/α-hetero) is 1. The molecule has 3 aromatic rings. The summed E-state index contributed by atoms with van der Waals surface area (Å²) in [5.41, 5.74) is 1.64. The van der Waals surface area contributed by atoms with Gasteiger partial charge in [0, 0.05) is 21.8 Å². The number of carbonyl (C=O) groups is 2. The van der Waals surface area contributed by atoms with Gasteiger partial charge in [0.05, 0.1) is 7.11 Å². The van der Waals surface area contributed by atoms with E-state index in [2.05, 4.69) is 5.32 Å². The summed E-state index contributed by atoms with van der Waals surface area (Å²) in [7, 11) is 1.55. The molecule has 1 atom stereocenters. The Bertz CT molecular complexity index is 1000. The van der Waals surface area contributed by atoms with Crippen LogP contribution in [0.25, 0.3) is 0 Å². The number of ether oxygens (including phenoxy) is 2. The average Bonchev–Trinajstić information content (AvgIpc) is 2.75. The van der Waals surface area contributed by atoms with E-state index in [0.717, 1.165) is 0 Å². The van der Waals surface area contributed by atoms with Crippen LogP contribution in [0, 0.1) is 0 Å².